The first-order valence-electron chi connectivity index (χ1n) is 11.9. The predicted octanol–water partition coefficient (Wildman–Crippen LogP) is 6.66. The SMILES string of the molecule is CCCCCCCCCCCCCCCCCCCn1cc[n+](C)c1C(=O)O. The van der Waals surface area contributed by atoms with E-state index < -0.39 is 5.97 Å². The Labute approximate surface area is 173 Å². The fourth-order valence-corrected chi connectivity index (χ4v) is 3.99. The predicted molar refractivity (Wildman–Crippen MR) is 117 cm³/mol. The summed E-state index contributed by atoms with van der Waals surface area (Å²) in [5.41, 5.74) is 0. The van der Waals surface area contributed by atoms with Gasteiger partial charge in [0.1, 0.15) is 12.4 Å². The van der Waals surface area contributed by atoms with Crippen LogP contribution in [0.25, 0.3) is 0 Å². The van der Waals surface area contributed by atoms with E-state index in [-0.39, 0.29) is 0 Å². The maximum atomic E-state index is 11.2. The van der Waals surface area contributed by atoms with E-state index >= 15 is 0 Å². The van der Waals surface area contributed by atoms with Crippen LogP contribution in [0.5, 0.6) is 0 Å². The summed E-state index contributed by atoms with van der Waals surface area (Å²) in [5.74, 6) is -0.476. The zero-order chi connectivity index (χ0) is 20.5. The summed E-state index contributed by atoms with van der Waals surface area (Å²) in [7, 11) is 1.79. The second-order valence-electron chi connectivity index (χ2n) is 8.39. The number of carboxylic acid groups (broad SMARTS) is 1. The highest BCUT2D eigenvalue weighted by atomic mass is 16.4. The second kappa shape index (κ2) is 16.6. The first-order chi connectivity index (χ1) is 13.7. The summed E-state index contributed by atoms with van der Waals surface area (Å²) in [6.45, 7) is 3.09. The maximum absolute atomic E-state index is 11.2. The fraction of sp³-hybridized carbons (Fsp3) is 0.833. The molecule has 162 valence electrons. The summed E-state index contributed by atoms with van der Waals surface area (Å²) in [6.07, 6.45) is 26.9. The lowest BCUT2D eigenvalue weighted by Gasteiger charge is -2.04. The van der Waals surface area contributed by atoms with E-state index in [0.717, 1.165) is 13.0 Å². The molecule has 0 aliphatic heterocycles. The third-order valence-corrected chi connectivity index (χ3v) is 5.77. The van der Waals surface area contributed by atoms with Gasteiger partial charge in [-0.25, -0.2) is 13.9 Å². The zero-order valence-corrected chi connectivity index (χ0v) is 18.6. The molecule has 1 aromatic rings. The molecule has 0 unspecified atom stereocenters. The van der Waals surface area contributed by atoms with E-state index in [2.05, 4.69) is 6.92 Å². The summed E-state index contributed by atoms with van der Waals surface area (Å²) < 4.78 is 3.53. The topological polar surface area (TPSA) is 46.1 Å². The first kappa shape index (κ1) is 24.7. The Balaban J connectivity index is 1.83. The molecule has 0 bridgehead atoms. The van der Waals surface area contributed by atoms with E-state index in [1.807, 2.05) is 17.0 Å². The Hall–Kier alpha value is -1.32. The molecular formula is C24H45N2O2+. The van der Waals surface area contributed by atoms with Gasteiger partial charge in [-0.05, 0) is 12.8 Å². The van der Waals surface area contributed by atoms with Crippen LogP contribution in [-0.4, -0.2) is 15.6 Å². The number of aromatic nitrogens is 2. The standard InChI is InChI=1S/C24H44N2O2/c1-3-4-5-6-7-8-9-10-11-12-13-14-15-16-17-18-19-20-26-22-21-25(2)23(26)24(27)28/h21-22H,3-20H2,1-2H3/p+1. The van der Waals surface area contributed by atoms with Gasteiger partial charge in [-0.1, -0.05) is 103 Å². The Morgan fingerprint density at radius 1 is 0.786 bits per heavy atom. The van der Waals surface area contributed by atoms with Crippen molar-refractivity contribution in [2.24, 2.45) is 7.05 Å². The molecule has 0 aromatic carbocycles. The second-order valence-corrected chi connectivity index (χ2v) is 8.39. The average molecular weight is 394 g/mol. The molecule has 28 heavy (non-hydrogen) atoms. The number of aryl methyl sites for hydroxylation is 2. The first-order valence-corrected chi connectivity index (χ1v) is 11.9. The number of rotatable bonds is 19. The van der Waals surface area contributed by atoms with Gasteiger partial charge in [0.15, 0.2) is 0 Å². The number of carbonyl (C=O) groups is 1. The molecule has 0 spiro atoms. The lowest BCUT2D eigenvalue weighted by molar-refractivity contribution is -0.673. The molecule has 1 aromatic heterocycles. The highest BCUT2D eigenvalue weighted by Gasteiger charge is 2.21. The molecule has 4 heteroatoms. The van der Waals surface area contributed by atoms with Gasteiger partial charge in [0.2, 0.25) is 0 Å². The third-order valence-electron chi connectivity index (χ3n) is 5.77. The largest absolute Gasteiger partial charge is 0.472 e. The molecule has 0 saturated heterocycles. The average Bonchev–Trinajstić information content (AvgIpc) is 3.05. The van der Waals surface area contributed by atoms with Gasteiger partial charge in [0.25, 0.3) is 0 Å². The van der Waals surface area contributed by atoms with Crippen LogP contribution in [0.2, 0.25) is 0 Å². The van der Waals surface area contributed by atoms with Crippen LogP contribution in [0, 0.1) is 0 Å². The molecule has 0 aliphatic carbocycles. The van der Waals surface area contributed by atoms with Crippen molar-refractivity contribution in [3.05, 3.63) is 18.2 Å². The number of aromatic carboxylic acids is 1. The van der Waals surface area contributed by atoms with E-state index in [1.54, 1.807) is 11.6 Å². The van der Waals surface area contributed by atoms with Crippen LogP contribution in [0.15, 0.2) is 12.4 Å². The smallest absolute Gasteiger partial charge is 0.419 e. The number of carboxylic acids is 1. The molecule has 1 rings (SSSR count). The number of hydrogen-bond acceptors (Lipinski definition) is 1. The summed E-state index contributed by atoms with van der Waals surface area (Å²) in [4.78, 5) is 11.2. The lowest BCUT2D eigenvalue weighted by atomic mass is 10.0. The molecule has 0 saturated carbocycles. The fourth-order valence-electron chi connectivity index (χ4n) is 3.99. The van der Waals surface area contributed by atoms with Gasteiger partial charge < -0.3 is 5.11 Å². The highest BCUT2D eigenvalue weighted by Crippen LogP contribution is 2.14. The highest BCUT2D eigenvalue weighted by molar-refractivity contribution is 5.81. The summed E-state index contributed by atoms with van der Waals surface area (Å²) in [6, 6.07) is 0. The maximum Gasteiger partial charge on any atom is 0.419 e. The quantitative estimate of drug-likeness (QED) is 0.211. The zero-order valence-electron chi connectivity index (χ0n) is 18.6. The number of hydrogen-bond donors (Lipinski definition) is 1. The van der Waals surface area contributed by atoms with Gasteiger partial charge in [0.05, 0.1) is 13.6 Å². The van der Waals surface area contributed by atoms with Crippen molar-refractivity contribution in [1.82, 2.24) is 4.57 Å². The Morgan fingerprint density at radius 2 is 1.18 bits per heavy atom. The summed E-state index contributed by atoms with van der Waals surface area (Å²) >= 11 is 0. The Morgan fingerprint density at radius 3 is 1.57 bits per heavy atom. The van der Waals surface area contributed by atoms with Crippen molar-refractivity contribution < 1.29 is 14.5 Å². The molecular weight excluding hydrogens is 348 g/mol. The van der Waals surface area contributed by atoms with Gasteiger partial charge in [-0.15, -0.1) is 0 Å². The van der Waals surface area contributed by atoms with Crippen LogP contribution < -0.4 is 4.57 Å². The molecule has 4 nitrogen and oxygen atoms in total. The van der Waals surface area contributed by atoms with Crippen LogP contribution in [0.4, 0.5) is 0 Å². The minimum Gasteiger partial charge on any atom is -0.472 e. The van der Waals surface area contributed by atoms with Crippen LogP contribution in [-0.2, 0) is 13.6 Å². The minimum atomic E-state index is -0.848. The van der Waals surface area contributed by atoms with Crippen molar-refractivity contribution in [3.63, 3.8) is 0 Å². The van der Waals surface area contributed by atoms with Gasteiger partial charge in [0, 0.05) is 0 Å². The van der Waals surface area contributed by atoms with Gasteiger partial charge in [-0.3, -0.25) is 0 Å². The van der Waals surface area contributed by atoms with Gasteiger partial charge >= 0.3 is 11.8 Å². The molecule has 1 heterocycles. The monoisotopic (exact) mass is 393 g/mol. The van der Waals surface area contributed by atoms with Crippen molar-refractivity contribution >= 4 is 5.97 Å². The molecule has 0 aliphatic rings. The number of nitrogens with zero attached hydrogens (tertiary/aromatic N) is 2. The molecule has 0 atom stereocenters. The van der Waals surface area contributed by atoms with E-state index in [1.165, 1.54) is 103 Å². The lowest BCUT2D eigenvalue weighted by Crippen LogP contribution is -2.35. The van der Waals surface area contributed by atoms with Crippen LogP contribution in [0.3, 0.4) is 0 Å². The van der Waals surface area contributed by atoms with Crippen molar-refractivity contribution in [1.29, 1.82) is 0 Å². The Bertz CT molecular complexity index is 511. The van der Waals surface area contributed by atoms with Crippen LogP contribution in [0.1, 0.15) is 127 Å². The third kappa shape index (κ3) is 11.5. The Kier molecular flexibility index (Phi) is 14.7. The van der Waals surface area contributed by atoms with Crippen molar-refractivity contribution in [2.45, 2.75) is 123 Å². The molecule has 0 amide bonds. The molecule has 1 N–H and O–H groups in total. The summed E-state index contributed by atoms with van der Waals surface area (Å²) in [5, 5.41) is 9.24. The normalized spacial score (nSPS) is 11.2. The van der Waals surface area contributed by atoms with Crippen molar-refractivity contribution in [3.8, 4) is 0 Å². The van der Waals surface area contributed by atoms with E-state index in [9.17, 15) is 9.90 Å². The van der Waals surface area contributed by atoms with Crippen LogP contribution >= 0.6 is 0 Å². The van der Waals surface area contributed by atoms with E-state index in [0.29, 0.717) is 5.82 Å². The van der Waals surface area contributed by atoms with Crippen molar-refractivity contribution in [2.75, 3.05) is 0 Å². The minimum absolute atomic E-state index is 0.372. The van der Waals surface area contributed by atoms with E-state index in [4.69, 9.17) is 0 Å². The number of imidazole rings is 1. The molecule has 0 radical (unpaired) electrons. The molecule has 0 fully saturated rings. The number of unbranched alkanes of at least 4 members (excludes halogenated alkanes) is 16. The van der Waals surface area contributed by atoms with Gasteiger partial charge in [-0.2, -0.15) is 0 Å².